The summed E-state index contributed by atoms with van der Waals surface area (Å²) in [7, 11) is 5.15. The minimum Gasteiger partial charge on any atom is -0.448 e. The zero-order valence-corrected chi connectivity index (χ0v) is 30.5. The van der Waals surface area contributed by atoms with Gasteiger partial charge in [0.15, 0.2) is 5.76 Å². The average Bonchev–Trinajstić information content (AvgIpc) is 3.70. The Hall–Kier alpha value is -6.82. The van der Waals surface area contributed by atoms with Crippen LogP contribution in [-0.4, -0.2) is 58.5 Å². The number of aromatic nitrogens is 3. The monoisotopic (exact) mass is 761 g/mol. The summed E-state index contributed by atoms with van der Waals surface area (Å²) >= 11 is 0. The summed E-state index contributed by atoms with van der Waals surface area (Å²) in [4.78, 5) is 57.5. The molecule has 1 unspecified atom stereocenters. The van der Waals surface area contributed by atoms with Crippen LogP contribution < -0.4 is 26.1 Å². The largest absolute Gasteiger partial charge is 0.448 e. The van der Waals surface area contributed by atoms with Crippen LogP contribution in [0.3, 0.4) is 0 Å². The van der Waals surface area contributed by atoms with E-state index in [0.29, 0.717) is 64.3 Å². The highest BCUT2D eigenvalue weighted by atomic mass is 19.4. The number of amides is 3. The van der Waals surface area contributed by atoms with Crippen LogP contribution in [0.25, 0.3) is 33.1 Å². The van der Waals surface area contributed by atoms with Crippen molar-refractivity contribution in [3.63, 3.8) is 0 Å². The number of carbonyl (C=O) groups excluding carboxylic acids is 3. The molecule has 0 aliphatic carbocycles. The van der Waals surface area contributed by atoms with Crippen molar-refractivity contribution in [3.05, 3.63) is 106 Å². The van der Waals surface area contributed by atoms with Crippen LogP contribution in [0.5, 0.6) is 0 Å². The van der Waals surface area contributed by atoms with Crippen LogP contribution in [0.15, 0.2) is 82.1 Å². The number of benzene rings is 3. The second kappa shape index (κ2) is 13.8. The van der Waals surface area contributed by atoms with E-state index in [1.165, 1.54) is 33.5 Å². The molecule has 1 saturated heterocycles. The maximum Gasteiger partial charge on any atom is 0.417 e. The van der Waals surface area contributed by atoms with Crippen LogP contribution in [-0.2, 0) is 29.9 Å². The molecule has 6 aromatic rings. The molecule has 2 aliphatic rings. The van der Waals surface area contributed by atoms with Gasteiger partial charge >= 0.3 is 11.9 Å². The van der Waals surface area contributed by atoms with E-state index < -0.39 is 23.6 Å². The number of fused-ring (bicyclic) bond motifs is 3. The molecule has 284 valence electrons. The van der Waals surface area contributed by atoms with Crippen LogP contribution in [0.2, 0.25) is 0 Å². The number of likely N-dealkylation sites (N-methyl/N-ethyl adjacent to an activating group) is 1. The standard InChI is InChI=1S/C41H34F3N7O5/c1-48-16-17-51(24-10-13-32-34(18-24)50(3)40(55)49(32)2)35-21-30(41(42,43)44)28(20-33(35)48)23-9-12-31(46-22-23)39(54)45-15-5-6-25-19-29-26(7-4-8-36(29)56-25)27-11-14-37(52)47-38(27)53/h4,7-10,12-13,18-22,27H,11,14-17H2,1-3H3,(H,45,54)(H,47,52,53). The van der Waals surface area contributed by atoms with Crippen LogP contribution >= 0.6 is 0 Å². The lowest BCUT2D eigenvalue weighted by atomic mass is 9.88. The second-order valence-electron chi connectivity index (χ2n) is 13.8. The van der Waals surface area contributed by atoms with Crippen molar-refractivity contribution in [1.82, 2.24) is 24.8 Å². The number of nitrogens with one attached hydrogen (secondary N) is 2. The highest BCUT2D eigenvalue weighted by Crippen LogP contribution is 2.46. The number of anilines is 3. The molecule has 3 amide bonds. The Kier molecular flexibility index (Phi) is 8.91. The zero-order chi connectivity index (χ0) is 39.5. The van der Waals surface area contributed by atoms with Crippen molar-refractivity contribution in [2.75, 3.05) is 36.5 Å². The molecule has 3 aromatic heterocycles. The van der Waals surface area contributed by atoms with Gasteiger partial charge in [-0.3, -0.25) is 33.8 Å². The number of rotatable bonds is 5. The number of aryl methyl sites for hydroxylation is 2. The highest BCUT2D eigenvalue weighted by molar-refractivity contribution is 6.03. The number of pyridine rings is 1. The Bertz CT molecular complexity index is 2720. The van der Waals surface area contributed by atoms with Gasteiger partial charge in [-0.1, -0.05) is 24.1 Å². The summed E-state index contributed by atoms with van der Waals surface area (Å²) in [6, 6.07) is 17.9. The Morgan fingerprint density at radius 2 is 1.77 bits per heavy atom. The van der Waals surface area contributed by atoms with Crippen LogP contribution in [0.1, 0.15) is 46.1 Å². The number of imidazole rings is 1. The molecule has 12 nitrogen and oxygen atoms in total. The number of furan rings is 1. The first kappa shape index (κ1) is 36.2. The quantitative estimate of drug-likeness (QED) is 0.172. The van der Waals surface area contributed by atoms with Gasteiger partial charge in [-0.05, 0) is 65.9 Å². The topological polar surface area (TPSA) is 135 Å². The molecular formula is C41H34F3N7O5. The fraction of sp³-hybridized carbons (Fsp3) is 0.244. The van der Waals surface area contributed by atoms with E-state index in [-0.39, 0.29) is 47.3 Å². The van der Waals surface area contributed by atoms with Crippen molar-refractivity contribution in [2.24, 2.45) is 14.1 Å². The molecule has 1 atom stereocenters. The predicted molar refractivity (Wildman–Crippen MR) is 204 cm³/mol. The minimum atomic E-state index is -4.71. The van der Waals surface area contributed by atoms with Gasteiger partial charge in [-0.25, -0.2) is 4.79 Å². The Labute approximate surface area is 317 Å². The molecular weight excluding hydrogens is 727 g/mol. The fourth-order valence-corrected chi connectivity index (χ4v) is 7.47. The predicted octanol–water partition coefficient (Wildman–Crippen LogP) is 5.59. The van der Waals surface area contributed by atoms with Gasteiger partial charge < -0.3 is 19.5 Å². The van der Waals surface area contributed by atoms with E-state index >= 15 is 0 Å². The Balaban J connectivity index is 1.01. The lowest BCUT2D eigenvalue weighted by molar-refractivity contribution is -0.137. The number of alkyl halides is 3. The SMILES string of the molecule is CN1CCN(c2ccc3c(c2)n(C)c(=O)n3C)c2cc(C(F)(F)F)c(-c3ccc(C(=O)NCC#Cc4cc5c(C6CCC(=O)NC6=O)cccc5o4)nc3)cc21. The maximum absolute atomic E-state index is 14.7. The van der Waals surface area contributed by atoms with Crippen LogP contribution in [0, 0.1) is 11.8 Å². The molecule has 3 aromatic carbocycles. The normalized spacial score (nSPS) is 15.8. The summed E-state index contributed by atoms with van der Waals surface area (Å²) in [6.45, 7) is 0.883. The fourth-order valence-electron chi connectivity index (χ4n) is 7.47. The third-order valence-electron chi connectivity index (χ3n) is 10.4. The number of imide groups is 1. The third-order valence-corrected chi connectivity index (χ3v) is 10.4. The molecule has 5 heterocycles. The summed E-state index contributed by atoms with van der Waals surface area (Å²) in [6.07, 6.45) is -2.83. The van der Waals surface area contributed by atoms with Gasteiger partial charge in [-0.2, -0.15) is 13.2 Å². The molecule has 2 aliphatic heterocycles. The number of hydrogen-bond acceptors (Lipinski definition) is 8. The van der Waals surface area contributed by atoms with Gasteiger partial charge in [0.2, 0.25) is 11.8 Å². The number of piperidine rings is 1. The summed E-state index contributed by atoms with van der Waals surface area (Å²) < 4.78 is 53.1. The Morgan fingerprint density at radius 1 is 0.964 bits per heavy atom. The summed E-state index contributed by atoms with van der Waals surface area (Å²) in [5.74, 6) is 4.28. The van der Waals surface area contributed by atoms with E-state index in [0.717, 1.165) is 11.6 Å². The van der Waals surface area contributed by atoms with Crippen molar-refractivity contribution in [1.29, 1.82) is 0 Å². The molecule has 15 heteroatoms. The molecule has 8 rings (SSSR count). The third kappa shape index (κ3) is 6.42. The van der Waals surface area contributed by atoms with E-state index in [2.05, 4.69) is 27.5 Å². The first-order chi connectivity index (χ1) is 26.8. The minimum absolute atomic E-state index is 0.00585. The maximum atomic E-state index is 14.7. The molecule has 1 fully saturated rings. The van der Waals surface area contributed by atoms with Crippen molar-refractivity contribution in [2.45, 2.75) is 24.9 Å². The van der Waals surface area contributed by atoms with Gasteiger partial charge in [0.05, 0.1) is 40.4 Å². The first-order valence-corrected chi connectivity index (χ1v) is 17.8. The molecule has 0 saturated carbocycles. The molecule has 2 N–H and O–H groups in total. The zero-order valence-electron chi connectivity index (χ0n) is 30.5. The molecule has 0 radical (unpaired) electrons. The second-order valence-corrected chi connectivity index (χ2v) is 13.8. The first-order valence-electron chi connectivity index (χ1n) is 17.8. The van der Waals surface area contributed by atoms with E-state index in [1.54, 1.807) is 44.4 Å². The average molecular weight is 762 g/mol. The number of hydrogen-bond donors (Lipinski definition) is 2. The van der Waals surface area contributed by atoms with E-state index in [4.69, 9.17) is 4.42 Å². The Morgan fingerprint density at radius 3 is 2.52 bits per heavy atom. The number of halogens is 3. The van der Waals surface area contributed by atoms with Crippen molar-refractivity contribution >= 4 is 56.8 Å². The summed E-state index contributed by atoms with van der Waals surface area (Å²) in [5, 5.41) is 5.72. The van der Waals surface area contributed by atoms with Gasteiger partial charge in [0.25, 0.3) is 5.91 Å². The van der Waals surface area contributed by atoms with Crippen LogP contribution in [0.4, 0.5) is 30.2 Å². The smallest absolute Gasteiger partial charge is 0.417 e. The van der Waals surface area contributed by atoms with Gasteiger partial charge in [-0.15, -0.1) is 0 Å². The number of carbonyl (C=O) groups is 3. The summed E-state index contributed by atoms with van der Waals surface area (Å²) in [5.41, 5.74) is 3.30. The van der Waals surface area contributed by atoms with E-state index in [9.17, 15) is 32.3 Å². The lowest BCUT2D eigenvalue weighted by Crippen LogP contribution is -2.39. The molecule has 0 bridgehead atoms. The molecule has 0 spiro atoms. The highest BCUT2D eigenvalue weighted by Gasteiger charge is 2.37. The van der Waals surface area contributed by atoms with Gasteiger partial charge in [0.1, 0.15) is 11.3 Å². The number of nitrogens with zero attached hydrogens (tertiary/aromatic N) is 5. The molecule has 56 heavy (non-hydrogen) atoms. The van der Waals surface area contributed by atoms with E-state index in [1.807, 2.05) is 29.0 Å². The lowest BCUT2D eigenvalue weighted by Gasteiger charge is -2.38. The van der Waals surface area contributed by atoms with Crippen molar-refractivity contribution < 1.29 is 32.0 Å². The van der Waals surface area contributed by atoms with Gasteiger partial charge in [0, 0.05) is 69.6 Å². The van der Waals surface area contributed by atoms with Crippen molar-refractivity contribution in [3.8, 4) is 23.0 Å².